The van der Waals surface area contributed by atoms with Crippen LogP contribution in [0.4, 0.5) is 11.4 Å². The lowest BCUT2D eigenvalue weighted by atomic mass is 10.2. The van der Waals surface area contributed by atoms with Crippen molar-refractivity contribution in [3.63, 3.8) is 0 Å². The molecule has 2 rings (SSSR count). The first-order valence-corrected chi connectivity index (χ1v) is 8.27. The Kier molecular flexibility index (Phi) is 5.64. The number of nitrogens with one attached hydrogen (secondary N) is 1. The van der Waals surface area contributed by atoms with Crippen molar-refractivity contribution in [3.8, 4) is 0 Å². The predicted octanol–water partition coefficient (Wildman–Crippen LogP) is 5.08. The van der Waals surface area contributed by atoms with E-state index in [1.165, 1.54) is 6.07 Å². The van der Waals surface area contributed by atoms with Gasteiger partial charge in [0.25, 0.3) is 5.69 Å². The lowest BCUT2D eigenvalue weighted by Crippen LogP contribution is -2.01. The van der Waals surface area contributed by atoms with E-state index in [-0.39, 0.29) is 10.6 Å². The van der Waals surface area contributed by atoms with Crippen LogP contribution >= 0.6 is 27.7 Å². The second-order valence-electron chi connectivity index (χ2n) is 4.37. The summed E-state index contributed by atoms with van der Waals surface area (Å²) in [7, 11) is 0. The number of nitro groups is 1. The normalized spacial score (nSPS) is 10.4. The predicted molar refractivity (Wildman–Crippen MR) is 91.0 cm³/mol. The van der Waals surface area contributed by atoms with Gasteiger partial charge in [-0.3, -0.25) is 10.1 Å². The maximum absolute atomic E-state index is 10.9. The molecule has 2 aromatic rings. The first kappa shape index (κ1) is 15.9. The van der Waals surface area contributed by atoms with Crippen LogP contribution in [0.15, 0.2) is 51.8 Å². The van der Waals surface area contributed by atoms with Gasteiger partial charge in [-0.15, -0.1) is 11.8 Å². The molecule has 0 radical (unpaired) electrons. The van der Waals surface area contributed by atoms with Crippen LogP contribution in [0.5, 0.6) is 0 Å². The molecular weight excluding hydrogens is 352 g/mol. The summed E-state index contributed by atoms with van der Waals surface area (Å²) in [6, 6.07) is 13.0. The Morgan fingerprint density at radius 3 is 2.76 bits per heavy atom. The number of non-ortho nitro benzene ring substituents is 1. The smallest absolute Gasteiger partial charge is 0.269 e. The number of nitro benzene ring substituents is 1. The molecule has 0 aliphatic heterocycles. The molecule has 0 spiro atoms. The minimum atomic E-state index is -0.358. The lowest BCUT2D eigenvalue weighted by Gasteiger charge is -2.10. The Balaban J connectivity index is 2.20. The van der Waals surface area contributed by atoms with Crippen LogP contribution in [0.3, 0.4) is 0 Å². The molecule has 0 heterocycles. The number of hydrogen-bond acceptors (Lipinski definition) is 4. The Morgan fingerprint density at radius 2 is 2.10 bits per heavy atom. The van der Waals surface area contributed by atoms with Crippen LogP contribution in [-0.4, -0.2) is 11.5 Å². The molecule has 2 aromatic carbocycles. The van der Waals surface area contributed by atoms with E-state index in [2.05, 4.69) is 21.2 Å². The van der Waals surface area contributed by atoms with Crippen molar-refractivity contribution in [2.45, 2.75) is 17.6 Å². The van der Waals surface area contributed by atoms with Crippen LogP contribution in [0, 0.1) is 10.1 Å². The van der Waals surface area contributed by atoms with Crippen LogP contribution in [0.25, 0.3) is 0 Å². The average molecular weight is 367 g/mol. The van der Waals surface area contributed by atoms with Gasteiger partial charge in [0.2, 0.25) is 0 Å². The van der Waals surface area contributed by atoms with Crippen LogP contribution < -0.4 is 5.32 Å². The fraction of sp³-hybridized carbons (Fsp3) is 0.200. The number of benzene rings is 2. The highest BCUT2D eigenvalue weighted by Gasteiger charge is 2.11. The van der Waals surface area contributed by atoms with Gasteiger partial charge in [-0.05, 0) is 36.8 Å². The topological polar surface area (TPSA) is 55.2 Å². The van der Waals surface area contributed by atoms with E-state index >= 15 is 0 Å². The van der Waals surface area contributed by atoms with Crippen molar-refractivity contribution in [1.29, 1.82) is 0 Å². The molecule has 4 nitrogen and oxygen atoms in total. The summed E-state index contributed by atoms with van der Waals surface area (Å²) in [6.07, 6.45) is 0. The molecule has 6 heteroatoms. The summed E-state index contributed by atoms with van der Waals surface area (Å²) in [4.78, 5) is 11.7. The molecule has 0 bridgehead atoms. The number of thioether (sulfide) groups is 1. The third kappa shape index (κ3) is 4.47. The van der Waals surface area contributed by atoms with E-state index in [1.807, 2.05) is 31.2 Å². The molecule has 21 heavy (non-hydrogen) atoms. The molecule has 0 saturated carbocycles. The van der Waals surface area contributed by atoms with E-state index in [9.17, 15) is 10.1 Å². The van der Waals surface area contributed by atoms with Gasteiger partial charge >= 0.3 is 0 Å². The fourth-order valence-electron chi connectivity index (χ4n) is 1.89. The zero-order chi connectivity index (χ0) is 15.2. The standard InChI is InChI=1S/C15H15BrN2O2S/c1-2-17-15-7-6-13(18(19)20)8-11(15)10-21-14-5-3-4-12(16)9-14/h3-9,17H,2,10H2,1H3. The molecule has 0 aliphatic carbocycles. The summed E-state index contributed by atoms with van der Waals surface area (Å²) in [6.45, 7) is 2.79. The van der Waals surface area contributed by atoms with Crippen molar-refractivity contribution >= 4 is 39.1 Å². The SMILES string of the molecule is CCNc1ccc([N+](=O)[O-])cc1CSc1cccc(Br)c1. The van der Waals surface area contributed by atoms with Gasteiger partial charge < -0.3 is 5.32 Å². The molecule has 1 N–H and O–H groups in total. The number of rotatable bonds is 6. The molecule has 0 atom stereocenters. The zero-order valence-electron chi connectivity index (χ0n) is 11.5. The van der Waals surface area contributed by atoms with E-state index in [4.69, 9.17) is 0 Å². The van der Waals surface area contributed by atoms with Gasteiger partial charge in [0.15, 0.2) is 0 Å². The number of halogens is 1. The first-order chi connectivity index (χ1) is 10.1. The largest absolute Gasteiger partial charge is 0.385 e. The average Bonchev–Trinajstić information content (AvgIpc) is 2.46. The van der Waals surface area contributed by atoms with Crippen molar-refractivity contribution in [3.05, 3.63) is 62.6 Å². The lowest BCUT2D eigenvalue weighted by molar-refractivity contribution is -0.384. The summed E-state index contributed by atoms with van der Waals surface area (Å²) in [5.74, 6) is 0.681. The van der Waals surface area contributed by atoms with Gasteiger partial charge in [0.05, 0.1) is 4.92 Å². The second-order valence-corrected chi connectivity index (χ2v) is 6.34. The quantitative estimate of drug-likeness (QED) is 0.439. The van der Waals surface area contributed by atoms with Crippen LogP contribution in [0.2, 0.25) is 0 Å². The highest BCUT2D eigenvalue weighted by Crippen LogP contribution is 2.30. The highest BCUT2D eigenvalue weighted by molar-refractivity contribution is 9.10. The fourth-order valence-corrected chi connectivity index (χ4v) is 3.39. The molecule has 0 fully saturated rings. The minimum absolute atomic E-state index is 0.126. The van der Waals surface area contributed by atoms with Crippen molar-refractivity contribution in [2.24, 2.45) is 0 Å². The summed E-state index contributed by atoms with van der Waals surface area (Å²) in [5.41, 5.74) is 2.02. The van der Waals surface area contributed by atoms with Crippen molar-refractivity contribution in [1.82, 2.24) is 0 Å². The molecular formula is C15H15BrN2O2S. The summed E-state index contributed by atoms with van der Waals surface area (Å²) in [5, 5.41) is 14.2. The van der Waals surface area contributed by atoms with E-state index < -0.39 is 0 Å². The molecule has 110 valence electrons. The number of anilines is 1. The molecule has 0 aliphatic rings. The number of hydrogen-bond donors (Lipinski definition) is 1. The van der Waals surface area contributed by atoms with Crippen molar-refractivity contribution in [2.75, 3.05) is 11.9 Å². The van der Waals surface area contributed by atoms with E-state index in [1.54, 1.807) is 23.9 Å². The van der Waals surface area contributed by atoms with Gasteiger partial charge in [0, 0.05) is 39.5 Å². The van der Waals surface area contributed by atoms with Gasteiger partial charge in [-0.2, -0.15) is 0 Å². The third-order valence-electron chi connectivity index (χ3n) is 2.86. The van der Waals surface area contributed by atoms with E-state index in [0.29, 0.717) is 5.75 Å². The summed E-state index contributed by atoms with van der Waals surface area (Å²) >= 11 is 5.10. The van der Waals surface area contributed by atoms with Gasteiger partial charge in [-0.25, -0.2) is 0 Å². The summed E-state index contributed by atoms with van der Waals surface area (Å²) < 4.78 is 1.03. The molecule has 0 aromatic heterocycles. The minimum Gasteiger partial charge on any atom is -0.385 e. The first-order valence-electron chi connectivity index (χ1n) is 6.49. The van der Waals surface area contributed by atoms with E-state index in [0.717, 1.165) is 27.2 Å². The molecule has 0 unspecified atom stereocenters. The Bertz CT molecular complexity index is 649. The Hall–Kier alpha value is -1.53. The Labute approximate surface area is 136 Å². The maximum Gasteiger partial charge on any atom is 0.269 e. The zero-order valence-corrected chi connectivity index (χ0v) is 13.9. The Morgan fingerprint density at radius 1 is 1.29 bits per heavy atom. The molecule has 0 amide bonds. The van der Waals surface area contributed by atoms with Gasteiger partial charge in [0.1, 0.15) is 0 Å². The number of nitrogens with zero attached hydrogens (tertiary/aromatic N) is 1. The highest BCUT2D eigenvalue weighted by atomic mass is 79.9. The third-order valence-corrected chi connectivity index (χ3v) is 4.39. The van der Waals surface area contributed by atoms with Crippen LogP contribution in [-0.2, 0) is 5.75 Å². The van der Waals surface area contributed by atoms with Crippen LogP contribution in [0.1, 0.15) is 12.5 Å². The molecule has 0 saturated heterocycles. The monoisotopic (exact) mass is 366 g/mol. The van der Waals surface area contributed by atoms with Crippen molar-refractivity contribution < 1.29 is 4.92 Å². The van der Waals surface area contributed by atoms with Gasteiger partial charge in [-0.1, -0.05) is 22.0 Å². The second kappa shape index (κ2) is 7.47. The maximum atomic E-state index is 10.9.